The topological polar surface area (TPSA) is 54.5 Å². The van der Waals surface area contributed by atoms with E-state index in [0.717, 1.165) is 25.3 Å². The van der Waals surface area contributed by atoms with Crippen LogP contribution >= 0.6 is 22.3 Å². The van der Waals surface area contributed by atoms with Crippen LogP contribution in [0.1, 0.15) is 29.6 Å². The van der Waals surface area contributed by atoms with Gasteiger partial charge in [-0.3, -0.25) is 4.79 Å². The Morgan fingerprint density at radius 2 is 2.05 bits per heavy atom. The van der Waals surface area contributed by atoms with E-state index in [0.29, 0.717) is 18.5 Å². The van der Waals surface area contributed by atoms with Crippen molar-refractivity contribution in [3.8, 4) is 0 Å². The average Bonchev–Trinajstić information content (AvgIpc) is 2.34. The first-order valence-corrected chi connectivity index (χ1v) is 9.08. The maximum atomic E-state index is 13.7. The molecular weight excluding hydrogens is 340 g/mol. The first kappa shape index (κ1) is 16.5. The summed E-state index contributed by atoms with van der Waals surface area (Å²) in [6.07, 6.45) is 3.24. The molecule has 0 heterocycles. The molecule has 1 aromatic rings. The highest BCUT2D eigenvalue weighted by atomic mass is 35.7. The highest BCUT2D eigenvalue weighted by Crippen LogP contribution is 2.29. The Balaban J connectivity index is 2.33. The highest BCUT2D eigenvalue weighted by Gasteiger charge is 2.26. The van der Waals surface area contributed by atoms with E-state index in [1.165, 1.54) is 4.90 Å². The lowest BCUT2D eigenvalue weighted by molar-refractivity contribution is 0.0744. The minimum Gasteiger partial charge on any atom is -0.341 e. The van der Waals surface area contributed by atoms with Crippen molar-refractivity contribution < 1.29 is 17.6 Å². The van der Waals surface area contributed by atoms with Crippen LogP contribution in [0.25, 0.3) is 0 Å². The normalized spacial score (nSPS) is 15.6. The molecule has 1 aromatic carbocycles. The maximum absolute atomic E-state index is 13.7. The number of rotatable bonds is 4. The van der Waals surface area contributed by atoms with E-state index in [1.807, 2.05) is 0 Å². The van der Waals surface area contributed by atoms with E-state index in [2.05, 4.69) is 0 Å². The second-order valence-corrected chi connectivity index (χ2v) is 8.13. The number of nitrogens with zero attached hydrogens (tertiary/aromatic N) is 1. The van der Waals surface area contributed by atoms with Crippen molar-refractivity contribution in [1.29, 1.82) is 0 Å². The van der Waals surface area contributed by atoms with Gasteiger partial charge in [0.2, 0.25) is 0 Å². The molecule has 2 rings (SSSR count). The van der Waals surface area contributed by atoms with E-state index in [4.69, 9.17) is 22.3 Å². The second kappa shape index (κ2) is 6.10. The monoisotopic (exact) mass is 353 g/mol. The van der Waals surface area contributed by atoms with Crippen LogP contribution in [0.15, 0.2) is 17.0 Å². The van der Waals surface area contributed by atoms with Crippen molar-refractivity contribution in [2.75, 3.05) is 13.6 Å². The lowest BCUT2D eigenvalue weighted by atomic mass is 9.85. The van der Waals surface area contributed by atoms with Gasteiger partial charge in [-0.25, -0.2) is 12.8 Å². The zero-order valence-corrected chi connectivity index (χ0v) is 13.6. The van der Waals surface area contributed by atoms with Crippen LogP contribution in [0, 0.1) is 11.7 Å². The van der Waals surface area contributed by atoms with Crippen LogP contribution in [-0.2, 0) is 9.05 Å². The minimum absolute atomic E-state index is 0.197. The minimum atomic E-state index is -4.14. The van der Waals surface area contributed by atoms with Gasteiger partial charge in [-0.05, 0) is 30.9 Å². The van der Waals surface area contributed by atoms with E-state index in [9.17, 15) is 17.6 Å². The molecule has 0 N–H and O–H groups in total. The van der Waals surface area contributed by atoms with Crippen LogP contribution in [0.3, 0.4) is 0 Å². The highest BCUT2D eigenvalue weighted by molar-refractivity contribution is 8.13. The molecule has 0 radical (unpaired) electrons. The van der Waals surface area contributed by atoms with Gasteiger partial charge in [-0.2, -0.15) is 0 Å². The number of hydrogen-bond acceptors (Lipinski definition) is 3. The summed E-state index contributed by atoms with van der Waals surface area (Å²) < 4.78 is 36.3. The largest absolute Gasteiger partial charge is 0.341 e. The van der Waals surface area contributed by atoms with Crippen molar-refractivity contribution in [3.05, 3.63) is 28.5 Å². The molecule has 1 fully saturated rings. The average molecular weight is 354 g/mol. The van der Waals surface area contributed by atoms with Crippen LogP contribution in [0.2, 0.25) is 5.02 Å². The number of carbonyl (C=O) groups excluding carboxylic acids is 1. The summed E-state index contributed by atoms with van der Waals surface area (Å²) in [5.74, 6) is -1.07. The first-order chi connectivity index (χ1) is 9.70. The molecule has 0 aromatic heterocycles. The van der Waals surface area contributed by atoms with Gasteiger partial charge in [0, 0.05) is 24.3 Å². The van der Waals surface area contributed by atoms with Crippen molar-refractivity contribution in [2.45, 2.75) is 24.2 Å². The number of hydrogen-bond donors (Lipinski definition) is 0. The predicted molar refractivity (Wildman–Crippen MR) is 78.8 cm³/mol. The fourth-order valence-corrected chi connectivity index (χ4v) is 3.17. The van der Waals surface area contributed by atoms with Gasteiger partial charge in [0.05, 0.1) is 15.5 Å². The second-order valence-electron chi connectivity index (χ2n) is 5.19. The van der Waals surface area contributed by atoms with Gasteiger partial charge in [-0.1, -0.05) is 18.0 Å². The predicted octanol–water partition coefficient (Wildman–Crippen LogP) is 3.28. The van der Waals surface area contributed by atoms with Gasteiger partial charge in [-0.15, -0.1) is 0 Å². The molecule has 0 bridgehead atoms. The van der Waals surface area contributed by atoms with Crippen LogP contribution in [0.4, 0.5) is 4.39 Å². The molecule has 8 heteroatoms. The number of halogens is 3. The van der Waals surface area contributed by atoms with E-state index in [1.54, 1.807) is 7.05 Å². The van der Waals surface area contributed by atoms with E-state index < -0.39 is 30.7 Å². The van der Waals surface area contributed by atoms with Crippen LogP contribution in [-0.4, -0.2) is 32.8 Å². The smallest absolute Gasteiger partial charge is 0.261 e. The van der Waals surface area contributed by atoms with Gasteiger partial charge in [0.1, 0.15) is 5.82 Å². The fourth-order valence-electron chi connectivity index (χ4n) is 2.21. The molecule has 4 nitrogen and oxygen atoms in total. The lowest BCUT2D eigenvalue weighted by Crippen LogP contribution is -2.34. The third kappa shape index (κ3) is 3.67. The Morgan fingerprint density at radius 1 is 1.43 bits per heavy atom. The fraction of sp³-hybridized carbons (Fsp3) is 0.462. The lowest BCUT2D eigenvalue weighted by Gasteiger charge is -2.30. The molecule has 0 unspecified atom stereocenters. The van der Waals surface area contributed by atoms with Crippen LogP contribution in [0.5, 0.6) is 0 Å². The van der Waals surface area contributed by atoms with E-state index >= 15 is 0 Å². The van der Waals surface area contributed by atoms with Gasteiger partial charge < -0.3 is 4.90 Å². The molecule has 1 aliphatic carbocycles. The standard InChI is InChI=1S/C13H14Cl2FNO3S/c1-17(7-8-3-2-4-8)13(18)10-5-9(21(15,19)20)6-11(16)12(10)14/h5-6,8H,2-4,7H2,1H3. The molecule has 0 spiro atoms. The molecule has 0 atom stereocenters. The molecule has 21 heavy (non-hydrogen) atoms. The number of amides is 1. The third-order valence-corrected chi connectivity index (χ3v) is 5.33. The molecule has 1 amide bonds. The van der Waals surface area contributed by atoms with Crippen LogP contribution < -0.4 is 0 Å². The summed E-state index contributed by atoms with van der Waals surface area (Å²) in [6, 6.07) is 1.71. The Morgan fingerprint density at radius 3 is 2.52 bits per heavy atom. The quantitative estimate of drug-likeness (QED) is 0.780. The maximum Gasteiger partial charge on any atom is 0.261 e. The molecule has 1 saturated carbocycles. The molecule has 1 aliphatic rings. The van der Waals surface area contributed by atoms with Crippen molar-refractivity contribution in [1.82, 2.24) is 4.90 Å². The van der Waals surface area contributed by atoms with Gasteiger partial charge >= 0.3 is 0 Å². The Hall–Kier alpha value is -0.850. The summed E-state index contributed by atoms with van der Waals surface area (Å²) in [5.41, 5.74) is -0.197. The number of carbonyl (C=O) groups is 1. The van der Waals surface area contributed by atoms with Crippen molar-refractivity contribution in [2.24, 2.45) is 5.92 Å². The molecule has 0 saturated heterocycles. The Labute approximate surface area is 132 Å². The van der Waals surface area contributed by atoms with Gasteiger partial charge in [0.15, 0.2) is 0 Å². The first-order valence-electron chi connectivity index (χ1n) is 6.39. The summed E-state index contributed by atoms with van der Waals surface area (Å²) >= 11 is 5.78. The summed E-state index contributed by atoms with van der Waals surface area (Å²) in [7, 11) is 2.64. The third-order valence-electron chi connectivity index (χ3n) is 3.62. The molecule has 116 valence electrons. The summed E-state index contributed by atoms with van der Waals surface area (Å²) in [5, 5.41) is -0.399. The molecule has 0 aliphatic heterocycles. The Bertz CT molecular complexity index is 674. The van der Waals surface area contributed by atoms with Gasteiger partial charge in [0.25, 0.3) is 15.0 Å². The zero-order valence-electron chi connectivity index (χ0n) is 11.3. The molecular formula is C13H14Cl2FNO3S. The zero-order chi connectivity index (χ0) is 15.8. The summed E-state index contributed by atoms with van der Waals surface area (Å²) in [6.45, 7) is 0.536. The number of benzene rings is 1. The van der Waals surface area contributed by atoms with E-state index in [-0.39, 0.29) is 5.56 Å². The summed E-state index contributed by atoms with van der Waals surface area (Å²) in [4.78, 5) is 13.3. The van der Waals surface area contributed by atoms with Crippen molar-refractivity contribution in [3.63, 3.8) is 0 Å². The van der Waals surface area contributed by atoms with Crippen molar-refractivity contribution >= 4 is 37.2 Å². The SMILES string of the molecule is CN(CC1CCC1)C(=O)c1cc(S(=O)(=O)Cl)cc(F)c1Cl. The Kier molecular flexibility index (Phi) is 4.80.